The van der Waals surface area contributed by atoms with Crippen LogP contribution in [0.3, 0.4) is 0 Å². The maximum atomic E-state index is 6.83. The normalized spacial score (nSPS) is 12.2. The van der Waals surface area contributed by atoms with Crippen LogP contribution in [-0.4, -0.2) is 54.9 Å². The van der Waals surface area contributed by atoms with E-state index in [1.165, 1.54) is 11.8 Å². The molecule has 38 heavy (non-hydrogen) atoms. The average Bonchev–Trinajstić information content (AvgIpc) is 3.26. The van der Waals surface area contributed by atoms with E-state index in [1.54, 1.807) is 20.4 Å². The maximum Gasteiger partial charge on any atom is 0.200 e. The van der Waals surface area contributed by atoms with E-state index in [9.17, 15) is 0 Å². The highest BCUT2D eigenvalue weighted by Crippen LogP contribution is 2.42. The van der Waals surface area contributed by atoms with Crippen LogP contribution in [0.15, 0.2) is 41.7 Å². The van der Waals surface area contributed by atoms with Gasteiger partial charge in [0.1, 0.15) is 18.3 Å². The van der Waals surface area contributed by atoms with Gasteiger partial charge in [-0.25, -0.2) is 15.0 Å². The Morgan fingerprint density at radius 1 is 0.921 bits per heavy atom. The molecule has 9 heteroatoms. The van der Waals surface area contributed by atoms with Crippen LogP contribution in [0, 0.1) is 0 Å². The molecule has 0 saturated carbocycles. The van der Waals surface area contributed by atoms with E-state index in [4.69, 9.17) is 23.9 Å². The number of aryl methyl sites for hydroxylation is 1. The number of methoxy groups -OCH3 is 2. The van der Waals surface area contributed by atoms with Crippen molar-refractivity contribution >= 4 is 20.1 Å². The molecule has 2 heterocycles. The second kappa shape index (κ2) is 13.7. The monoisotopic (exact) mass is 556 g/mol. The van der Waals surface area contributed by atoms with Gasteiger partial charge in [0.15, 0.2) is 13.5 Å². The lowest BCUT2D eigenvalue weighted by atomic mass is 10.1. The van der Waals surface area contributed by atoms with Crippen LogP contribution in [0.1, 0.15) is 53.8 Å². The second-order valence-electron chi connectivity index (χ2n) is 10.5. The summed E-state index contributed by atoms with van der Waals surface area (Å²) >= 11 is 1.52. The van der Waals surface area contributed by atoms with Crippen LogP contribution in [0.2, 0.25) is 16.6 Å². The predicted molar refractivity (Wildman–Crippen MR) is 159 cm³/mol. The molecule has 208 valence electrons. The van der Waals surface area contributed by atoms with Crippen LogP contribution < -0.4 is 4.74 Å². The number of benzene rings is 1. The Bertz CT molecular complexity index is 1140. The predicted octanol–water partition coefficient (Wildman–Crippen LogP) is 7.47. The SMILES string of the molecule is COCn1c(CCCO[Si](C(C)C)(C(C)C)C(C)C)nc(-c2ccc(OC)cc2)c1-c1ccnc(SC)n1. The van der Waals surface area contributed by atoms with E-state index in [-0.39, 0.29) is 0 Å². The average molecular weight is 557 g/mol. The number of nitrogens with zero attached hydrogens (tertiary/aromatic N) is 4. The Kier molecular flexibility index (Phi) is 11.0. The van der Waals surface area contributed by atoms with Crippen molar-refractivity contribution in [1.82, 2.24) is 19.5 Å². The first-order valence-electron chi connectivity index (χ1n) is 13.4. The molecule has 3 rings (SSSR count). The minimum atomic E-state index is -1.91. The number of hydrogen-bond donors (Lipinski definition) is 0. The quantitative estimate of drug-likeness (QED) is 0.0883. The van der Waals surface area contributed by atoms with Gasteiger partial charge >= 0.3 is 0 Å². The molecule has 1 aromatic carbocycles. The highest BCUT2D eigenvalue weighted by atomic mass is 32.2. The largest absolute Gasteiger partial charge is 0.497 e. The summed E-state index contributed by atoms with van der Waals surface area (Å²) in [5.74, 6) is 1.77. The maximum absolute atomic E-state index is 6.83. The molecule has 0 aliphatic carbocycles. The first-order valence-corrected chi connectivity index (χ1v) is 16.8. The minimum absolute atomic E-state index is 0.385. The number of hydrogen-bond acceptors (Lipinski definition) is 7. The van der Waals surface area contributed by atoms with Crippen molar-refractivity contribution in [3.05, 3.63) is 42.4 Å². The van der Waals surface area contributed by atoms with Crippen molar-refractivity contribution in [2.75, 3.05) is 27.1 Å². The summed E-state index contributed by atoms with van der Waals surface area (Å²) in [5, 5.41) is 0.723. The van der Waals surface area contributed by atoms with Gasteiger partial charge in [0, 0.05) is 31.9 Å². The summed E-state index contributed by atoms with van der Waals surface area (Å²) in [6.45, 7) is 15.1. The molecule has 0 fully saturated rings. The molecule has 3 aromatic rings. The lowest BCUT2D eigenvalue weighted by Crippen LogP contribution is -2.48. The number of aromatic nitrogens is 4. The van der Waals surface area contributed by atoms with Crippen molar-refractivity contribution in [2.24, 2.45) is 0 Å². The van der Waals surface area contributed by atoms with Crippen molar-refractivity contribution in [3.63, 3.8) is 0 Å². The van der Waals surface area contributed by atoms with Crippen LogP contribution >= 0.6 is 11.8 Å². The molecule has 0 unspecified atom stereocenters. The van der Waals surface area contributed by atoms with E-state index in [2.05, 4.69) is 51.1 Å². The van der Waals surface area contributed by atoms with Gasteiger partial charge in [0.25, 0.3) is 0 Å². The number of thioether (sulfide) groups is 1. The zero-order chi connectivity index (χ0) is 27.9. The Morgan fingerprint density at radius 3 is 2.13 bits per heavy atom. The van der Waals surface area contributed by atoms with Gasteiger partial charge in [0.2, 0.25) is 0 Å². The third-order valence-electron chi connectivity index (χ3n) is 7.33. The molecule has 0 spiro atoms. The third kappa shape index (κ3) is 6.50. The van der Waals surface area contributed by atoms with E-state index in [1.807, 2.05) is 36.6 Å². The summed E-state index contributed by atoms with van der Waals surface area (Å²) in [6, 6.07) is 9.95. The van der Waals surface area contributed by atoms with Crippen LogP contribution in [0.25, 0.3) is 22.6 Å². The topological polar surface area (TPSA) is 71.3 Å². The molecule has 0 saturated heterocycles. The molecule has 0 amide bonds. The molecule has 7 nitrogen and oxygen atoms in total. The van der Waals surface area contributed by atoms with Crippen LogP contribution in [0.4, 0.5) is 0 Å². The summed E-state index contributed by atoms with van der Waals surface area (Å²) in [4.78, 5) is 14.4. The molecular formula is C29H44N4O3SSi. The summed E-state index contributed by atoms with van der Waals surface area (Å²) in [7, 11) is 1.48. The summed E-state index contributed by atoms with van der Waals surface area (Å²) < 4.78 is 20.0. The molecule has 2 aromatic heterocycles. The van der Waals surface area contributed by atoms with Gasteiger partial charge in [-0.15, -0.1) is 0 Å². The lowest BCUT2D eigenvalue weighted by Gasteiger charge is -2.42. The van der Waals surface area contributed by atoms with Crippen LogP contribution in [-0.2, 0) is 22.3 Å². The minimum Gasteiger partial charge on any atom is -0.497 e. The molecule has 0 bridgehead atoms. The van der Waals surface area contributed by atoms with Gasteiger partial charge in [-0.05, 0) is 59.6 Å². The number of rotatable bonds is 14. The molecular weight excluding hydrogens is 512 g/mol. The van der Waals surface area contributed by atoms with Crippen molar-refractivity contribution in [3.8, 4) is 28.4 Å². The Morgan fingerprint density at radius 2 is 1.58 bits per heavy atom. The number of imidazole rings is 1. The van der Waals surface area contributed by atoms with E-state index < -0.39 is 8.32 Å². The summed E-state index contributed by atoms with van der Waals surface area (Å²) in [5.41, 5.74) is 5.33. The zero-order valence-corrected chi connectivity index (χ0v) is 26.3. The lowest BCUT2D eigenvalue weighted by molar-refractivity contribution is 0.129. The highest BCUT2D eigenvalue weighted by molar-refractivity contribution is 7.98. The van der Waals surface area contributed by atoms with Gasteiger partial charge in [0.05, 0.1) is 24.2 Å². The second-order valence-corrected chi connectivity index (χ2v) is 16.7. The molecule has 0 radical (unpaired) electrons. The molecule has 0 aliphatic rings. The first-order chi connectivity index (χ1) is 18.2. The van der Waals surface area contributed by atoms with Crippen molar-refractivity contribution < 1.29 is 13.9 Å². The Balaban J connectivity index is 1.99. The fourth-order valence-corrected chi connectivity index (χ4v) is 11.6. The molecule has 0 atom stereocenters. The van der Waals surface area contributed by atoms with Gasteiger partial charge in [-0.2, -0.15) is 0 Å². The highest BCUT2D eigenvalue weighted by Gasteiger charge is 2.44. The van der Waals surface area contributed by atoms with E-state index in [0.717, 1.165) is 58.8 Å². The molecule has 0 aliphatic heterocycles. The Hall–Kier alpha value is -2.20. The molecule has 0 N–H and O–H groups in total. The smallest absolute Gasteiger partial charge is 0.200 e. The third-order valence-corrected chi connectivity index (χ3v) is 14.0. The van der Waals surface area contributed by atoms with Gasteiger partial charge < -0.3 is 18.5 Å². The standard InChI is InChI=1S/C29H44N4O3SSi/c1-20(2)38(21(3)4,22(5)6)36-18-10-11-26-32-27(23-12-14-24(35-8)15-13-23)28(33(26)19-34-7)25-16-17-30-29(31-25)37-9/h12-17,20-22H,10-11,18-19H2,1-9H3. The van der Waals surface area contributed by atoms with Gasteiger partial charge in [-0.3, -0.25) is 0 Å². The van der Waals surface area contributed by atoms with Crippen molar-refractivity contribution in [2.45, 2.75) is 82.9 Å². The zero-order valence-electron chi connectivity index (χ0n) is 24.4. The fraction of sp³-hybridized carbons (Fsp3) is 0.552. The van der Waals surface area contributed by atoms with E-state index in [0.29, 0.717) is 23.4 Å². The van der Waals surface area contributed by atoms with Gasteiger partial charge in [-0.1, -0.05) is 53.3 Å². The number of ether oxygens (including phenoxy) is 2. The Labute approximate surface area is 233 Å². The van der Waals surface area contributed by atoms with E-state index >= 15 is 0 Å². The van der Waals surface area contributed by atoms with Crippen LogP contribution in [0.5, 0.6) is 5.75 Å². The summed E-state index contributed by atoms with van der Waals surface area (Å²) in [6.07, 6.45) is 5.46. The fourth-order valence-electron chi connectivity index (χ4n) is 5.72. The van der Waals surface area contributed by atoms with Crippen molar-refractivity contribution in [1.29, 1.82) is 0 Å². The first kappa shape index (κ1) is 30.3.